The van der Waals surface area contributed by atoms with Gasteiger partial charge in [-0.05, 0) is 43.9 Å². The molecule has 0 amide bonds. The molecule has 0 unspecified atom stereocenters. The minimum absolute atomic E-state index is 0.675. The molecular formula is C18H30N2O. The van der Waals surface area contributed by atoms with E-state index in [1.165, 1.54) is 64.2 Å². The highest BCUT2D eigenvalue weighted by atomic mass is 16.4. The molecule has 3 heteroatoms. The summed E-state index contributed by atoms with van der Waals surface area (Å²) in [7, 11) is 0. The monoisotopic (exact) mass is 290 g/mol. The second-order valence-corrected chi connectivity index (χ2v) is 8.14. The maximum absolute atomic E-state index is 9.18. The van der Waals surface area contributed by atoms with Crippen molar-refractivity contribution < 1.29 is 5.21 Å². The molecule has 2 saturated heterocycles. The lowest BCUT2D eigenvalue weighted by atomic mass is 9.74. The molecule has 0 aromatic carbocycles. The van der Waals surface area contributed by atoms with Crippen LogP contribution in [0.25, 0.3) is 0 Å². The molecule has 4 aliphatic rings. The largest absolute Gasteiger partial charge is 0.411 e. The van der Waals surface area contributed by atoms with Crippen LogP contribution in [-0.4, -0.2) is 33.9 Å². The molecule has 0 radical (unpaired) electrons. The summed E-state index contributed by atoms with van der Waals surface area (Å²) in [4.78, 5) is 2.91. The summed E-state index contributed by atoms with van der Waals surface area (Å²) in [6.45, 7) is 0. The standard InChI is InChI=1S/C18H30N2O/c21-19-15-11-16-6-3-7-17(12-15)20(16)18-9-13-4-1-2-5-14(8-13)10-18/h13-14,16-18,21H,1-12H2/t13-,14+,16-,17+,18-. The van der Waals surface area contributed by atoms with Crippen LogP contribution in [0.2, 0.25) is 0 Å². The lowest BCUT2D eigenvalue weighted by molar-refractivity contribution is -0.00496. The van der Waals surface area contributed by atoms with Gasteiger partial charge in [0.05, 0.1) is 5.71 Å². The van der Waals surface area contributed by atoms with E-state index in [1.54, 1.807) is 0 Å². The summed E-state index contributed by atoms with van der Waals surface area (Å²) < 4.78 is 0. The van der Waals surface area contributed by atoms with Crippen LogP contribution in [0.4, 0.5) is 0 Å². The van der Waals surface area contributed by atoms with Crippen LogP contribution in [0.5, 0.6) is 0 Å². The van der Waals surface area contributed by atoms with E-state index in [0.29, 0.717) is 12.1 Å². The van der Waals surface area contributed by atoms with Gasteiger partial charge < -0.3 is 5.21 Å². The van der Waals surface area contributed by atoms with Crippen LogP contribution in [-0.2, 0) is 0 Å². The Kier molecular flexibility index (Phi) is 3.95. The number of nitrogens with zero attached hydrogens (tertiary/aromatic N) is 2. The molecule has 4 rings (SSSR count). The van der Waals surface area contributed by atoms with E-state index >= 15 is 0 Å². The Hall–Kier alpha value is -0.570. The quantitative estimate of drug-likeness (QED) is 0.580. The Balaban J connectivity index is 1.52. The Morgan fingerprint density at radius 2 is 1.38 bits per heavy atom. The average molecular weight is 290 g/mol. The van der Waals surface area contributed by atoms with Gasteiger partial charge in [0, 0.05) is 31.0 Å². The maximum atomic E-state index is 9.18. The predicted molar refractivity (Wildman–Crippen MR) is 84.8 cm³/mol. The van der Waals surface area contributed by atoms with E-state index in [9.17, 15) is 5.21 Å². The minimum Gasteiger partial charge on any atom is -0.411 e. The molecule has 2 aliphatic heterocycles. The number of fused-ring (bicyclic) bond motifs is 4. The van der Waals surface area contributed by atoms with Crippen LogP contribution in [0.15, 0.2) is 5.16 Å². The molecule has 5 atom stereocenters. The molecular weight excluding hydrogens is 260 g/mol. The Morgan fingerprint density at radius 3 is 1.95 bits per heavy atom. The predicted octanol–water partition coefficient (Wildman–Crippen LogP) is 4.19. The highest BCUT2D eigenvalue weighted by Crippen LogP contribution is 2.44. The van der Waals surface area contributed by atoms with Crippen LogP contribution >= 0.6 is 0 Å². The van der Waals surface area contributed by atoms with Gasteiger partial charge in [0.1, 0.15) is 0 Å². The van der Waals surface area contributed by atoms with Crippen molar-refractivity contribution in [1.29, 1.82) is 0 Å². The number of hydrogen-bond donors (Lipinski definition) is 1. The summed E-state index contributed by atoms with van der Waals surface area (Å²) in [5.41, 5.74) is 1.06. The minimum atomic E-state index is 0.675. The number of piperidine rings is 2. The molecule has 2 heterocycles. The Labute approximate surface area is 128 Å². The molecule has 21 heavy (non-hydrogen) atoms. The molecule has 4 bridgehead atoms. The lowest BCUT2D eigenvalue weighted by Crippen LogP contribution is -2.58. The molecule has 2 saturated carbocycles. The second-order valence-electron chi connectivity index (χ2n) is 8.14. The summed E-state index contributed by atoms with van der Waals surface area (Å²) in [6.07, 6.45) is 16.4. The van der Waals surface area contributed by atoms with E-state index in [-0.39, 0.29) is 0 Å². The summed E-state index contributed by atoms with van der Waals surface area (Å²) in [5, 5.41) is 12.8. The fourth-order valence-corrected chi connectivity index (χ4v) is 6.02. The first kappa shape index (κ1) is 14.0. The van der Waals surface area contributed by atoms with Crippen molar-refractivity contribution in [3.8, 4) is 0 Å². The van der Waals surface area contributed by atoms with Crippen molar-refractivity contribution in [1.82, 2.24) is 4.90 Å². The molecule has 4 fully saturated rings. The van der Waals surface area contributed by atoms with Gasteiger partial charge in [-0.25, -0.2) is 0 Å². The molecule has 2 aliphatic carbocycles. The number of oxime groups is 1. The number of rotatable bonds is 1. The molecule has 3 nitrogen and oxygen atoms in total. The van der Waals surface area contributed by atoms with Gasteiger partial charge in [-0.15, -0.1) is 0 Å². The topological polar surface area (TPSA) is 35.8 Å². The maximum Gasteiger partial charge on any atom is 0.0601 e. The molecule has 0 aromatic heterocycles. The zero-order valence-electron chi connectivity index (χ0n) is 13.2. The first-order chi connectivity index (χ1) is 10.3. The zero-order chi connectivity index (χ0) is 14.2. The van der Waals surface area contributed by atoms with Crippen molar-refractivity contribution >= 4 is 5.71 Å². The van der Waals surface area contributed by atoms with Gasteiger partial charge >= 0.3 is 0 Å². The fourth-order valence-electron chi connectivity index (χ4n) is 6.02. The van der Waals surface area contributed by atoms with E-state index in [2.05, 4.69) is 10.1 Å². The second kappa shape index (κ2) is 5.91. The van der Waals surface area contributed by atoms with E-state index < -0.39 is 0 Å². The van der Waals surface area contributed by atoms with E-state index in [4.69, 9.17) is 0 Å². The van der Waals surface area contributed by atoms with Crippen LogP contribution in [0.1, 0.15) is 77.0 Å². The van der Waals surface area contributed by atoms with Crippen LogP contribution < -0.4 is 0 Å². The van der Waals surface area contributed by atoms with Crippen molar-refractivity contribution in [3.05, 3.63) is 0 Å². The fraction of sp³-hybridized carbons (Fsp3) is 0.944. The Bertz CT molecular complexity index is 378. The highest BCUT2D eigenvalue weighted by molar-refractivity contribution is 5.86. The molecule has 1 N–H and O–H groups in total. The third-order valence-corrected chi connectivity index (χ3v) is 6.78. The molecule has 0 aromatic rings. The van der Waals surface area contributed by atoms with E-state index in [0.717, 1.165) is 36.4 Å². The van der Waals surface area contributed by atoms with Crippen molar-refractivity contribution in [2.24, 2.45) is 17.0 Å². The SMILES string of the molecule is ON=C1C[C@H]2CCC[C@@H](C1)N2[C@@H]1C[C@@H]2CCCC[C@@H](C2)C1. The van der Waals surface area contributed by atoms with Crippen LogP contribution in [0.3, 0.4) is 0 Å². The lowest BCUT2D eigenvalue weighted by Gasteiger charge is -2.52. The first-order valence-electron chi connectivity index (χ1n) is 9.30. The highest BCUT2D eigenvalue weighted by Gasteiger charge is 2.43. The summed E-state index contributed by atoms with van der Waals surface area (Å²) in [5.74, 6) is 2.01. The van der Waals surface area contributed by atoms with Crippen molar-refractivity contribution in [3.63, 3.8) is 0 Å². The van der Waals surface area contributed by atoms with Gasteiger partial charge in [0.2, 0.25) is 0 Å². The normalized spacial score (nSPS) is 46.3. The first-order valence-corrected chi connectivity index (χ1v) is 9.30. The average Bonchev–Trinajstić information content (AvgIpc) is 2.66. The smallest absolute Gasteiger partial charge is 0.0601 e. The van der Waals surface area contributed by atoms with Crippen molar-refractivity contribution in [2.75, 3.05) is 0 Å². The molecule has 118 valence electrons. The zero-order valence-corrected chi connectivity index (χ0v) is 13.2. The number of hydrogen-bond acceptors (Lipinski definition) is 3. The van der Waals surface area contributed by atoms with Gasteiger partial charge in [0.25, 0.3) is 0 Å². The van der Waals surface area contributed by atoms with E-state index in [1.807, 2.05) is 0 Å². The van der Waals surface area contributed by atoms with Crippen LogP contribution in [0, 0.1) is 11.8 Å². The third kappa shape index (κ3) is 2.74. The summed E-state index contributed by atoms with van der Waals surface area (Å²) >= 11 is 0. The van der Waals surface area contributed by atoms with Crippen molar-refractivity contribution in [2.45, 2.75) is 95.2 Å². The van der Waals surface area contributed by atoms with Gasteiger partial charge in [-0.3, -0.25) is 4.90 Å². The Morgan fingerprint density at radius 1 is 0.762 bits per heavy atom. The molecule has 0 spiro atoms. The third-order valence-electron chi connectivity index (χ3n) is 6.78. The van der Waals surface area contributed by atoms with Gasteiger partial charge in [-0.2, -0.15) is 0 Å². The van der Waals surface area contributed by atoms with Gasteiger partial charge in [0.15, 0.2) is 0 Å². The summed E-state index contributed by atoms with van der Waals surface area (Å²) in [6, 6.07) is 2.18. The van der Waals surface area contributed by atoms with Gasteiger partial charge in [-0.1, -0.05) is 37.3 Å².